The molecule has 0 aromatic heterocycles. The lowest BCUT2D eigenvalue weighted by Crippen LogP contribution is -2.21. The van der Waals surface area contributed by atoms with Crippen LogP contribution in [0, 0.1) is 0 Å². The van der Waals surface area contributed by atoms with Gasteiger partial charge in [-0.15, -0.1) is 0 Å². The third kappa shape index (κ3) is 3.79. The molecule has 3 aromatic rings. The van der Waals surface area contributed by atoms with Crippen LogP contribution in [0.3, 0.4) is 0 Å². The first-order valence-corrected chi connectivity index (χ1v) is 8.19. The van der Waals surface area contributed by atoms with E-state index in [0.717, 1.165) is 0 Å². The summed E-state index contributed by atoms with van der Waals surface area (Å²) in [4.78, 5) is 12.4. The first kappa shape index (κ1) is 17.8. The van der Waals surface area contributed by atoms with Crippen molar-refractivity contribution in [1.82, 2.24) is 0 Å². The molecule has 0 aliphatic rings. The predicted octanol–water partition coefficient (Wildman–Crippen LogP) is 4.09. The topological polar surface area (TPSA) is 89.8 Å². The molecule has 26 heavy (non-hydrogen) atoms. The monoisotopic (exact) mass is 369 g/mol. The van der Waals surface area contributed by atoms with Crippen LogP contribution in [0.5, 0.6) is 11.5 Å². The summed E-state index contributed by atoms with van der Waals surface area (Å²) in [6.07, 6.45) is -1.35. The van der Waals surface area contributed by atoms with E-state index in [2.05, 4.69) is 5.32 Å². The molecular formula is C20H16ClNO4. The molecule has 0 fully saturated rings. The maximum Gasteiger partial charge on any atom is 0.257 e. The summed E-state index contributed by atoms with van der Waals surface area (Å²) < 4.78 is 0. The second-order valence-corrected chi connectivity index (χ2v) is 6.13. The summed E-state index contributed by atoms with van der Waals surface area (Å²) in [5.41, 5.74) is 2.14. The van der Waals surface area contributed by atoms with Crippen LogP contribution < -0.4 is 5.32 Å². The zero-order valence-electron chi connectivity index (χ0n) is 13.6. The van der Waals surface area contributed by atoms with Crippen LogP contribution in [0.1, 0.15) is 11.7 Å². The quantitative estimate of drug-likeness (QED) is 0.521. The Morgan fingerprint density at radius 2 is 1.62 bits per heavy atom. The number of carbonyl (C=O) groups is 1. The van der Waals surface area contributed by atoms with Crippen LogP contribution >= 0.6 is 11.6 Å². The smallest absolute Gasteiger partial charge is 0.257 e. The molecule has 0 bridgehead atoms. The van der Waals surface area contributed by atoms with Crippen molar-refractivity contribution in [1.29, 1.82) is 0 Å². The Kier molecular flexibility index (Phi) is 5.11. The number of rotatable bonds is 4. The number of aromatic hydroxyl groups is 2. The van der Waals surface area contributed by atoms with Crippen molar-refractivity contribution in [2.24, 2.45) is 0 Å². The summed E-state index contributed by atoms with van der Waals surface area (Å²) in [6.45, 7) is 0. The number of para-hydroxylation sites is 1. The molecule has 3 rings (SSSR count). The number of phenolic OH excluding ortho intramolecular Hbond substituents is 2. The fraction of sp³-hybridized carbons (Fsp3) is 0.0500. The fourth-order valence-electron chi connectivity index (χ4n) is 2.53. The minimum Gasteiger partial charge on any atom is -0.504 e. The molecule has 0 heterocycles. The van der Waals surface area contributed by atoms with Gasteiger partial charge in [-0.3, -0.25) is 4.79 Å². The van der Waals surface area contributed by atoms with Crippen molar-refractivity contribution in [3.8, 4) is 22.6 Å². The van der Waals surface area contributed by atoms with E-state index in [0.29, 0.717) is 27.4 Å². The predicted molar refractivity (Wildman–Crippen MR) is 100 cm³/mol. The summed E-state index contributed by atoms with van der Waals surface area (Å²) in [7, 11) is 0. The van der Waals surface area contributed by atoms with Gasteiger partial charge in [0, 0.05) is 16.3 Å². The van der Waals surface area contributed by atoms with Gasteiger partial charge in [-0.05, 0) is 41.5 Å². The van der Waals surface area contributed by atoms with Gasteiger partial charge in [-0.1, -0.05) is 48.0 Å². The number of nitrogens with one attached hydrogen (secondary N) is 1. The van der Waals surface area contributed by atoms with Gasteiger partial charge >= 0.3 is 0 Å². The third-order valence-corrected chi connectivity index (χ3v) is 4.16. The average molecular weight is 370 g/mol. The second kappa shape index (κ2) is 7.47. The van der Waals surface area contributed by atoms with Gasteiger partial charge in [0.2, 0.25) is 0 Å². The van der Waals surface area contributed by atoms with Gasteiger partial charge in [0.25, 0.3) is 5.91 Å². The number of carbonyl (C=O) groups excluding carboxylic acids is 1. The van der Waals surface area contributed by atoms with Gasteiger partial charge in [-0.2, -0.15) is 0 Å². The highest BCUT2D eigenvalue weighted by atomic mass is 35.5. The number of aliphatic hydroxyl groups is 1. The van der Waals surface area contributed by atoms with E-state index in [9.17, 15) is 20.1 Å². The van der Waals surface area contributed by atoms with Gasteiger partial charge in [0.15, 0.2) is 17.6 Å². The molecule has 1 amide bonds. The summed E-state index contributed by atoms with van der Waals surface area (Å²) >= 11 is 5.82. The molecule has 4 N–H and O–H groups in total. The van der Waals surface area contributed by atoms with Crippen molar-refractivity contribution < 1.29 is 20.1 Å². The Labute approximate surface area is 155 Å². The Morgan fingerprint density at radius 3 is 2.31 bits per heavy atom. The molecule has 3 aromatic carbocycles. The minimum atomic E-state index is -1.35. The SMILES string of the molecule is O=C(Nc1ccccc1-c1ccc(O)c(O)c1)C(O)c1ccc(Cl)cc1. The number of phenols is 2. The first-order chi connectivity index (χ1) is 12.5. The summed E-state index contributed by atoms with van der Waals surface area (Å²) in [6, 6.07) is 17.7. The number of hydrogen-bond acceptors (Lipinski definition) is 4. The van der Waals surface area contributed by atoms with Gasteiger partial charge in [0.05, 0.1) is 0 Å². The van der Waals surface area contributed by atoms with E-state index in [4.69, 9.17) is 11.6 Å². The lowest BCUT2D eigenvalue weighted by atomic mass is 10.0. The number of benzene rings is 3. The van der Waals surface area contributed by atoms with Gasteiger partial charge in [0.1, 0.15) is 0 Å². The van der Waals surface area contributed by atoms with E-state index >= 15 is 0 Å². The number of halogens is 1. The highest BCUT2D eigenvalue weighted by Gasteiger charge is 2.19. The molecule has 1 unspecified atom stereocenters. The first-order valence-electron chi connectivity index (χ1n) is 7.81. The molecule has 0 saturated carbocycles. The third-order valence-electron chi connectivity index (χ3n) is 3.91. The van der Waals surface area contributed by atoms with Crippen LogP contribution in [0.15, 0.2) is 66.7 Å². The number of hydrogen-bond donors (Lipinski definition) is 4. The summed E-state index contributed by atoms with van der Waals surface area (Å²) in [5, 5.41) is 32.6. The fourth-order valence-corrected chi connectivity index (χ4v) is 2.66. The minimum absolute atomic E-state index is 0.228. The van der Waals surface area contributed by atoms with Crippen LogP contribution in [0.25, 0.3) is 11.1 Å². The average Bonchev–Trinajstić information content (AvgIpc) is 2.64. The zero-order valence-corrected chi connectivity index (χ0v) is 14.3. The Bertz CT molecular complexity index is 941. The van der Waals surface area contributed by atoms with Gasteiger partial charge < -0.3 is 20.6 Å². The molecule has 0 aliphatic heterocycles. The molecular weight excluding hydrogens is 354 g/mol. The molecule has 6 heteroatoms. The molecule has 0 aliphatic carbocycles. The van der Waals surface area contributed by atoms with E-state index < -0.39 is 12.0 Å². The molecule has 5 nitrogen and oxygen atoms in total. The molecule has 0 spiro atoms. The van der Waals surface area contributed by atoms with E-state index in [-0.39, 0.29) is 11.5 Å². The van der Waals surface area contributed by atoms with Crippen molar-refractivity contribution in [2.45, 2.75) is 6.10 Å². The highest BCUT2D eigenvalue weighted by Crippen LogP contribution is 2.34. The largest absolute Gasteiger partial charge is 0.504 e. The highest BCUT2D eigenvalue weighted by molar-refractivity contribution is 6.30. The Hall–Kier alpha value is -3.02. The summed E-state index contributed by atoms with van der Waals surface area (Å²) in [5.74, 6) is -1.08. The van der Waals surface area contributed by atoms with Crippen LogP contribution in [0.2, 0.25) is 5.02 Å². The number of anilines is 1. The standard InChI is InChI=1S/C20H16ClNO4/c21-14-8-5-12(6-9-14)19(25)20(26)22-16-4-2-1-3-15(16)13-7-10-17(23)18(24)11-13/h1-11,19,23-25H,(H,22,26). The van der Waals surface area contributed by atoms with E-state index in [1.165, 1.54) is 12.1 Å². The molecule has 132 valence electrons. The second-order valence-electron chi connectivity index (χ2n) is 5.69. The van der Waals surface area contributed by atoms with Crippen molar-refractivity contribution in [3.63, 3.8) is 0 Å². The Balaban J connectivity index is 1.87. The molecule has 1 atom stereocenters. The van der Waals surface area contributed by atoms with Crippen LogP contribution in [-0.4, -0.2) is 21.2 Å². The van der Waals surface area contributed by atoms with E-state index in [1.807, 2.05) is 0 Å². The number of aliphatic hydroxyl groups excluding tert-OH is 1. The zero-order chi connectivity index (χ0) is 18.7. The van der Waals surface area contributed by atoms with E-state index in [1.54, 1.807) is 54.6 Å². The lowest BCUT2D eigenvalue weighted by molar-refractivity contribution is -0.124. The van der Waals surface area contributed by atoms with Crippen LogP contribution in [0.4, 0.5) is 5.69 Å². The lowest BCUT2D eigenvalue weighted by Gasteiger charge is -2.15. The normalized spacial score (nSPS) is 11.8. The van der Waals surface area contributed by atoms with Crippen molar-refractivity contribution in [2.75, 3.05) is 5.32 Å². The van der Waals surface area contributed by atoms with Crippen molar-refractivity contribution in [3.05, 3.63) is 77.3 Å². The van der Waals surface area contributed by atoms with Crippen LogP contribution in [-0.2, 0) is 4.79 Å². The van der Waals surface area contributed by atoms with Crippen molar-refractivity contribution >= 4 is 23.2 Å². The maximum absolute atomic E-state index is 12.4. The van der Waals surface area contributed by atoms with Gasteiger partial charge in [-0.25, -0.2) is 0 Å². The molecule has 0 radical (unpaired) electrons. The molecule has 0 saturated heterocycles. The Morgan fingerprint density at radius 1 is 0.923 bits per heavy atom. The maximum atomic E-state index is 12.4. The number of amides is 1.